The average molecular weight is 444 g/mol. The normalized spacial score (nSPS) is 23.2. The monoisotopic (exact) mass is 443 g/mol. The molecule has 0 spiro atoms. The van der Waals surface area contributed by atoms with Crippen LogP contribution in [0.5, 0.6) is 0 Å². The second-order valence-electron chi connectivity index (χ2n) is 9.33. The topological polar surface area (TPSA) is 70.6 Å². The lowest BCUT2D eigenvalue weighted by atomic mass is 9.89. The minimum Gasteiger partial charge on any atom is -0.379 e. The zero-order valence-electron chi connectivity index (χ0n) is 18.7. The SMILES string of the molecule is CC(=O)N1CCC(Nc2nc(CN3CCOCC3)nc3sc4c(c23)CC[C@H](C)C4)CC1. The molecule has 7 nitrogen and oxygen atoms in total. The molecule has 4 heterocycles. The zero-order chi connectivity index (χ0) is 21.4. The standard InChI is InChI=1S/C23H33N5O2S/c1-15-3-4-18-19(13-15)31-23-21(18)22(24-17-5-7-28(8-6-17)16(2)29)25-20(26-23)14-27-9-11-30-12-10-27/h15,17H,3-14H2,1-2H3,(H,24,25,26)/t15-/m0/s1. The van der Waals surface area contributed by atoms with E-state index >= 15 is 0 Å². The van der Waals surface area contributed by atoms with Gasteiger partial charge >= 0.3 is 0 Å². The van der Waals surface area contributed by atoms with Crippen LogP contribution in [0.15, 0.2) is 0 Å². The smallest absolute Gasteiger partial charge is 0.219 e. The van der Waals surface area contributed by atoms with Crippen LogP contribution >= 0.6 is 11.3 Å². The van der Waals surface area contributed by atoms with Gasteiger partial charge in [-0.2, -0.15) is 0 Å². The van der Waals surface area contributed by atoms with Crippen molar-refractivity contribution in [3.05, 3.63) is 16.3 Å². The van der Waals surface area contributed by atoms with E-state index in [1.807, 2.05) is 16.2 Å². The third kappa shape index (κ3) is 4.56. The highest BCUT2D eigenvalue weighted by Gasteiger charge is 2.27. The third-order valence-corrected chi connectivity index (χ3v) is 8.10. The van der Waals surface area contributed by atoms with Gasteiger partial charge in [-0.25, -0.2) is 9.97 Å². The summed E-state index contributed by atoms with van der Waals surface area (Å²) in [7, 11) is 0. The number of nitrogens with one attached hydrogen (secondary N) is 1. The molecule has 0 aromatic carbocycles. The average Bonchev–Trinajstić information content (AvgIpc) is 3.12. The molecule has 0 unspecified atom stereocenters. The second kappa shape index (κ2) is 9.00. The highest BCUT2D eigenvalue weighted by molar-refractivity contribution is 7.19. The molecule has 2 saturated heterocycles. The molecule has 168 valence electrons. The van der Waals surface area contributed by atoms with Crippen LogP contribution in [0.1, 0.15) is 49.4 Å². The Hall–Kier alpha value is -1.77. The number of ether oxygens (including phenoxy) is 1. The van der Waals surface area contributed by atoms with Crippen molar-refractivity contribution in [2.75, 3.05) is 44.7 Å². The number of anilines is 1. The number of hydrogen-bond acceptors (Lipinski definition) is 7. The van der Waals surface area contributed by atoms with E-state index in [0.717, 1.165) is 94.0 Å². The van der Waals surface area contributed by atoms with Crippen molar-refractivity contribution in [1.82, 2.24) is 19.8 Å². The van der Waals surface area contributed by atoms with Gasteiger partial charge in [-0.15, -0.1) is 11.3 Å². The molecule has 5 rings (SSSR count). The number of aryl methyl sites for hydroxylation is 1. The third-order valence-electron chi connectivity index (χ3n) is 6.95. The summed E-state index contributed by atoms with van der Waals surface area (Å²) in [5.41, 5.74) is 1.47. The number of hydrogen-bond donors (Lipinski definition) is 1. The van der Waals surface area contributed by atoms with Crippen LogP contribution in [-0.2, 0) is 28.9 Å². The van der Waals surface area contributed by atoms with Gasteiger partial charge < -0.3 is 15.0 Å². The quantitative estimate of drug-likeness (QED) is 0.783. The summed E-state index contributed by atoms with van der Waals surface area (Å²) in [4.78, 5) is 28.8. The maximum Gasteiger partial charge on any atom is 0.219 e. The van der Waals surface area contributed by atoms with Crippen LogP contribution in [-0.4, -0.2) is 71.1 Å². The number of nitrogens with zero attached hydrogens (tertiary/aromatic N) is 4. The number of carbonyl (C=O) groups excluding carboxylic acids is 1. The molecule has 0 saturated carbocycles. The number of rotatable bonds is 4. The minimum atomic E-state index is 0.177. The molecule has 31 heavy (non-hydrogen) atoms. The molecule has 3 aliphatic rings. The van der Waals surface area contributed by atoms with Gasteiger partial charge in [0.15, 0.2) is 0 Å². The van der Waals surface area contributed by atoms with Crippen molar-refractivity contribution < 1.29 is 9.53 Å². The Labute approximate surface area is 188 Å². The summed E-state index contributed by atoms with van der Waals surface area (Å²) in [6.07, 6.45) is 5.46. The van der Waals surface area contributed by atoms with Gasteiger partial charge in [0.25, 0.3) is 0 Å². The van der Waals surface area contributed by atoms with E-state index in [-0.39, 0.29) is 5.91 Å². The molecule has 8 heteroatoms. The molecule has 1 N–H and O–H groups in total. The van der Waals surface area contributed by atoms with Gasteiger partial charge in [-0.05, 0) is 43.6 Å². The predicted octanol–water partition coefficient (Wildman–Crippen LogP) is 3.07. The van der Waals surface area contributed by atoms with Crippen molar-refractivity contribution in [3.8, 4) is 0 Å². The lowest BCUT2D eigenvalue weighted by molar-refractivity contribution is -0.129. The number of fused-ring (bicyclic) bond motifs is 3. The number of carbonyl (C=O) groups is 1. The molecule has 2 aromatic rings. The Morgan fingerprint density at radius 1 is 1.16 bits per heavy atom. The van der Waals surface area contributed by atoms with Gasteiger partial charge in [0.1, 0.15) is 16.5 Å². The maximum absolute atomic E-state index is 11.7. The van der Waals surface area contributed by atoms with E-state index in [4.69, 9.17) is 14.7 Å². The Kier molecular flexibility index (Phi) is 6.12. The molecule has 0 bridgehead atoms. The Balaban J connectivity index is 1.44. The summed E-state index contributed by atoms with van der Waals surface area (Å²) < 4.78 is 5.50. The van der Waals surface area contributed by atoms with E-state index in [1.165, 1.54) is 22.2 Å². The van der Waals surface area contributed by atoms with Crippen LogP contribution in [0.4, 0.5) is 5.82 Å². The molecule has 0 radical (unpaired) electrons. The second-order valence-corrected chi connectivity index (χ2v) is 10.4. The highest BCUT2D eigenvalue weighted by atomic mass is 32.1. The van der Waals surface area contributed by atoms with Crippen molar-refractivity contribution in [2.45, 2.75) is 58.5 Å². The first-order chi connectivity index (χ1) is 15.1. The molecule has 2 aliphatic heterocycles. The van der Waals surface area contributed by atoms with Crippen LogP contribution in [0.3, 0.4) is 0 Å². The first-order valence-electron chi connectivity index (χ1n) is 11.7. The van der Waals surface area contributed by atoms with Crippen molar-refractivity contribution >= 4 is 33.3 Å². The number of likely N-dealkylation sites (tertiary alicyclic amines) is 1. The number of piperidine rings is 1. The molecule has 1 atom stereocenters. The Morgan fingerprint density at radius 2 is 1.94 bits per heavy atom. The Bertz CT molecular complexity index is 947. The maximum atomic E-state index is 11.7. The van der Waals surface area contributed by atoms with E-state index in [0.29, 0.717) is 6.04 Å². The summed E-state index contributed by atoms with van der Waals surface area (Å²) in [6.45, 7) is 9.87. The zero-order valence-corrected chi connectivity index (χ0v) is 19.5. The lowest BCUT2D eigenvalue weighted by Gasteiger charge is -2.32. The van der Waals surface area contributed by atoms with Gasteiger partial charge in [-0.1, -0.05) is 6.92 Å². The molecular formula is C23H33N5O2S. The number of aromatic nitrogens is 2. The summed E-state index contributed by atoms with van der Waals surface area (Å²) in [5, 5.41) is 5.04. The minimum absolute atomic E-state index is 0.177. The van der Waals surface area contributed by atoms with Gasteiger partial charge in [0.05, 0.1) is 25.1 Å². The van der Waals surface area contributed by atoms with Crippen molar-refractivity contribution in [3.63, 3.8) is 0 Å². The number of morpholine rings is 1. The number of thiophene rings is 1. The van der Waals surface area contributed by atoms with Crippen LogP contribution < -0.4 is 5.32 Å². The molecule has 1 amide bonds. The van der Waals surface area contributed by atoms with E-state index in [1.54, 1.807) is 6.92 Å². The summed E-state index contributed by atoms with van der Waals surface area (Å²) >= 11 is 1.87. The lowest BCUT2D eigenvalue weighted by Crippen LogP contribution is -2.41. The van der Waals surface area contributed by atoms with Gasteiger partial charge in [-0.3, -0.25) is 9.69 Å². The Morgan fingerprint density at radius 3 is 2.68 bits per heavy atom. The first-order valence-corrected chi connectivity index (χ1v) is 12.5. The summed E-state index contributed by atoms with van der Waals surface area (Å²) in [5.74, 6) is 2.84. The fraction of sp³-hybridized carbons (Fsp3) is 0.696. The molecule has 2 aromatic heterocycles. The summed E-state index contributed by atoms with van der Waals surface area (Å²) in [6, 6.07) is 0.350. The molecule has 1 aliphatic carbocycles. The van der Waals surface area contributed by atoms with Crippen LogP contribution in [0, 0.1) is 5.92 Å². The van der Waals surface area contributed by atoms with Crippen molar-refractivity contribution in [1.29, 1.82) is 0 Å². The highest BCUT2D eigenvalue weighted by Crippen LogP contribution is 2.40. The van der Waals surface area contributed by atoms with E-state index < -0.39 is 0 Å². The fourth-order valence-corrected chi connectivity index (χ4v) is 6.45. The molecule has 2 fully saturated rings. The van der Waals surface area contributed by atoms with E-state index in [2.05, 4.69) is 17.1 Å². The van der Waals surface area contributed by atoms with Gasteiger partial charge in [0, 0.05) is 44.0 Å². The predicted molar refractivity (Wildman–Crippen MR) is 124 cm³/mol. The fourth-order valence-electron chi connectivity index (χ4n) is 5.05. The number of amides is 1. The largest absolute Gasteiger partial charge is 0.379 e. The van der Waals surface area contributed by atoms with Crippen molar-refractivity contribution in [2.24, 2.45) is 5.92 Å². The molecular weight excluding hydrogens is 410 g/mol. The van der Waals surface area contributed by atoms with Gasteiger partial charge in [0.2, 0.25) is 5.91 Å². The first kappa shape index (κ1) is 21.1. The van der Waals surface area contributed by atoms with Crippen LogP contribution in [0.2, 0.25) is 0 Å². The van der Waals surface area contributed by atoms with E-state index in [9.17, 15) is 4.79 Å². The van der Waals surface area contributed by atoms with Crippen LogP contribution in [0.25, 0.3) is 10.2 Å².